The zero-order valence-electron chi connectivity index (χ0n) is 9.92. The van der Waals surface area contributed by atoms with Gasteiger partial charge in [-0.05, 0) is 12.1 Å². The van der Waals surface area contributed by atoms with E-state index in [2.05, 4.69) is 6.58 Å². The van der Waals surface area contributed by atoms with E-state index in [0.717, 1.165) is 0 Å². The van der Waals surface area contributed by atoms with Crippen LogP contribution in [0.5, 0.6) is 0 Å². The lowest BCUT2D eigenvalue weighted by Crippen LogP contribution is -3.00. The zero-order valence-corrected chi connectivity index (χ0v) is 11.5. The topological polar surface area (TPSA) is 20.9 Å². The van der Waals surface area contributed by atoms with Gasteiger partial charge in [-0.25, -0.2) is 4.57 Å². The van der Waals surface area contributed by atoms with Crippen molar-refractivity contribution in [2.24, 2.45) is 0 Å². The van der Waals surface area contributed by atoms with Crippen LogP contribution in [-0.2, 0) is 6.54 Å². The highest BCUT2D eigenvalue weighted by atomic mass is 79.9. The Kier molecular flexibility index (Phi) is 5.46. The summed E-state index contributed by atoms with van der Waals surface area (Å²) in [6.45, 7) is 4.39. The van der Waals surface area contributed by atoms with E-state index < -0.39 is 0 Å². The molecular weight excluding hydrogens is 290 g/mol. The van der Waals surface area contributed by atoms with Gasteiger partial charge in [-0.15, -0.1) is 0 Å². The van der Waals surface area contributed by atoms with E-state index in [1.165, 1.54) is 0 Å². The molecule has 0 saturated carbocycles. The molecule has 0 aliphatic heterocycles. The van der Waals surface area contributed by atoms with Crippen molar-refractivity contribution in [2.45, 2.75) is 6.54 Å². The largest absolute Gasteiger partial charge is 1.00 e. The van der Waals surface area contributed by atoms with Gasteiger partial charge in [-0.1, -0.05) is 36.9 Å². The molecule has 0 spiro atoms. The van der Waals surface area contributed by atoms with Crippen LogP contribution in [-0.4, -0.2) is 5.78 Å². The second-order valence-corrected chi connectivity index (χ2v) is 3.77. The summed E-state index contributed by atoms with van der Waals surface area (Å²) < 4.78 is 1.93. The Bertz CT molecular complexity index is 537. The van der Waals surface area contributed by atoms with Crippen LogP contribution in [0, 0.1) is 0 Å². The van der Waals surface area contributed by atoms with E-state index in [9.17, 15) is 4.79 Å². The lowest BCUT2D eigenvalue weighted by atomic mass is 10.1. The number of aromatic nitrogens is 1. The van der Waals surface area contributed by atoms with Gasteiger partial charge in [0.05, 0.1) is 5.56 Å². The molecule has 2 aromatic rings. The van der Waals surface area contributed by atoms with Crippen LogP contribution < -0.4 is 21.5 Å². The van der Waals surface area contributed by atoms with Crippen molar-refractivity contribution in [2.75, 3.05) is 0 Å². The minimum Gasteiger partial charge on any atom is -1.00 e. The lowest BCUT2D eigenvalue weighted by Gasteiger charge is -1.99. The number of carbonyl (C=O) groups excluding carboxylic acids is 1. The molecule has 0 atom stereocenters. The number of allylic oxidation sites excluding steroid dienone is 1. The molecule has 18 heavy (non-hydrogen) atoms. The van der Waals surface area contributed by atoms with Crippen molar-refractivity contribution in [3.8, 4) is 0 Å². The standard InChI is InChI=1S/C15H14NO.BrH/c1-2-10-16-11-6-9-14(12-16)15(17)13-7-4-3-5-8-13;/h2-9,11-12H,1,10H2;1H/q+1;/p-1. The van der Waals surface area contributed by atoms with Gasteiger partial charge in [0.15, 0.2) is 24.7 Å². The second-order valence-electron chi connectivity index (χ2n) is 3.77. The highest BCUT2D eigenvalue weighted by molar-refractivity contribution is 6.08. The third-order valence-corrected chi connectivity index (χ3v) is 2.50. The van der Waals surface area contributed by atoms with Gasteiger partial charge in [-0.2, -0.15) is 0 Å². The predicted molar refractivity (Wildman–Crippen MR) is 66.7 cm³/mol. The first kappa shape index (κ1) is 14.3. The number of hydrogen-bond donors (Lipinski definition) is 0. The molecule has 2 rings (SSSR count). The van der Waals surface area contributed by atoms with Gasteiger partial charge >= 0.3 is 0 Å². The van der Waals surface area contributed by atoms with E-state index in [4.69, 9.17) is 0 Å². The van der Waals surface area contributed by atoms with Crippen LogP contribution in [0.15, 0.2) is 67.5 Å². The van der Waals surface area contributed by atoms with E-state index in [0.29, 0.717) is 17.7 Å². The molecule has 2 nitrogen and oxygen atoms in total. The molecule has 92 valence electrons. The maximum atomic E-state index is 12.2. The van der Waals surface area contributed by atoms with Crippen LogP contribution in [0.25, 0.3) is 0 Å². The van der Waals surface area contributed by atoms with Crippen molar-refractivity contribution < 1.29 is 26.3 Å². The quantitative estimate of drug-likeness (QED) is 0.420. The Morgan fingerprint density at radius 1 is 1.11 bits per heavy atom. The molecule has 0 bridgehead atoms. The van der Waals surface area contributed by atoms with E-state index in [-0.39, 0.29) is 22.8 Å². The number of benzene rings is 1. The van der Waals surface area contributed by atoms with Crippen LogP contribution >= 0.6 is 0 Å². The average molecular weight is 304 g/mol. The van der Waals surface area contributed by atoms with Gasteiger partial charge in [0.25, 0.3) is 0 Å². The van der Waals surface area contributed by atoms with Crippen molar-refractivity contribution in [1.82, 2.24) is 0 Å². The van der Waals surface area contributed by atoms with Crippen LogP contribution in [0.1, 0.15) is 15.9 Å². The van der Waals surface area contributed by atoms with Crippen molar-refractivity contribution >= 4 is 5.78 Å². The molecule has 0 N–H and O–H groups in total. The Hall–Kier alpha value is -1.74. The molecule has 0 unspecified atom stereocenters. The summed E-state index contributed by atoms with van der Waals surface area (Å²) in [5.74, 6) is 0.0454. The highest BCUT2D eigenvalue weighted by Crippen LogP contribution is 2.07. The average Bonchev–Trinajstić information content (AvgIpc) is 2.40. The molecule has 1 heterocycles. The summed E-state index contributed by atoms with van der Waals surface area (Å²) in [5, 5.41) is 0. The second kappa shape index (κ2) is 6.87. The summed E-state index contributed by atoms with van der Waals surface area (Å²) in [7, 11) is 0. The fourth-order valence-electron chi connectivity index (χ4n) is 1.68. The number of ketones is 1. The minimum absolute atomic E-state index is 0. The van der Waals surface area contributed by atoms with Crippen LogP contribution in [0.2, 0.25) is 0 Å². The number of pyridine rings is 1. The number of hydrogen-bond acceptors (Lipinski definition) is 1. The summed E-state index contributed by atoms with van der Waals surface area (Å²) >= 11 is 0. The Labute approximate surface area is 117 Å². The first-order valence-corrected chi connectivity index (χ1v) is 5.51. The summed E-state index contributed by atoms with van der Waals surface area (Å²) in [5.41, 5.74) is 1.41. The van der Waals surface area contributed by atoms with Crippen molar-refractivity contribution in [3.63, 3.8) is 0 Å². The highest BCUT2D eigenvalue weighted by Gasteiger charge is 2.11. The fraction of sp³-hybridized carbons (Fsp3) is 0.0667. The Balaban J connectivity index is 0.00000162. The number of halogens is 1. The Morgan fingerprint density at radius 2 is 1.78 bits per heavy atom. The normalized spacial score (nSPS) is 9.33. The fourth-order valence-corrected chi connectivity index (χ4v) is 1.68. The SMILES string of the molecule is C=CC[n+]1cccc(C(=O)c2ccccc2)c1.[Br-]. The number of nitrogens with zero attached hydrogens (tertiary/aromatic N) is 1. The first-order valence-electron chi connectivity index (χ1n) is 5.51. The predicted octanol–water partition coefficient (Wildman–Crippen LogP) is -0.605. The summed E-state index contributed by atoms with van der Waals surface area (Å²) in [6.07, 6.45) is 5.57. The van der Waals surface area contributed by atoms with E-state index >= 15 is 0 Å². The Morgan fingerprint density at radius 3 is 2.44 bits per heavy atom. The zero-order chi connectivity index (χ0) is 12.1. The van der Waals surface area contributed by atoms with E-state index in [1.54, 1.807) is 6.08 Å². The van der Waals surface area contributed by atoms with Gasteiger partial charge < -0.3 is 17.0 Å². The van der Waals surface area contributed by atoms with E-state index in [1.807, 2.05) is 59.4 Å². The van der Waals surface area contributed by atoms with Gasteiger partial charge in [0.1, 0.15) is 0 Å². The van der Waals surface area contributed by atoms with Gasteiger partial charge in [-0.3, -0.25) is 4.79 Å². The molecule has 0 aliphatic carbocycles. The smallest absolute Gasteiger partial charge is 0.199 e. The first-order chi connectivity index (χ1) is 8.31. The van der Waals surface area contributed by atoms with Gasteiger partial charge in [0, 0.05) is 11.6 Å². The molecule has 0 amide bonds. The molecule has 1 aromatic heterocycles. The molecule has 3 heteroatoms. The van der Waals surface area contributed by atoms with Crippen molar-refractivity contribution in [3.05, 3.63) is 78.6 Å². The summed E-state index contributed by atoms with van der Waals surface area (Å²) in [4.78, 5) is 12.2. The molecule has 0 fully saturated rings. The van der Waals surface area contributed by atoms with Crippen LogP contribution in [0.3, 0.4) is 0 Å². The molecule has 0 saturated heterocycles. The monoisotopic (exact) mass is 303 g/mol. The maximum absolute atomic E-state index is 12.2. The van der Waals surface area contributed by atoms with Gasteiger partial charge in [0.2, 0.25) is 0 Å². The third-order valence-electron chi connectivity index (χ3n) is 2.50. The minimum atomic E-state index is 0. The molecule has 0 radical (unpaired) electrons. The summed E-state index contributed by atoms with van der Waals surface area (Å²) in [6, 6.07) is 13.0. The van der Waals surface area contributed by atoms with Crippen LogP contribution in [0.4, 0.5) is 0 Å². The third kappa shape index (κ3) is 3.37. The molecule has 0 aliphatic rings. The van der Waals surface area contributed by atoms with Crippen molar-refractivity contribution in [1.29, 1.82) is 0 Å². The molecule has 1 aromatic carbocycles. The lowest BCUT2D eigenvalue weighted by molar-refractivity contribution is -0.687. The molecular formula is C15H14BrNO. The maximum Gasteiger partial charge on any atom is 0.199 e. The number of carbonyl (C=O) groups is 1. The number of rotatable bonds is 4.